The molecule has 1 N–H and O–H groups in total. The second kappa shape index (κ2) is 8.93. The third kappa shape index (κ3) is 6.24. The van der Waals surface area contributed by atoms with Crippen LogP contribution >= 0.6 is 0 Å². The fourth-order valence-electron chi connectivity index (χ4n) is 2.84. The van der Waals surface area contributed by atoms with E-state index in [1.807, 2.05) is 6.92 Å². The van der Waals surface area contributed by atoms with Crippen molar-refractivity contribution in [3.8, 4) is 0 Å². The van der Waals surface area contributed by atoms with E-state index < -0.39 is 0 Å². The molecule has 0 aromatic rings. The Labute approximate surface area is 119 Å². The smallest absolute Gasteiger partial charge is 0.0807 e. The van der Waals surface area contributed by atoms with Crippen LogP contribution < -0.4 is 5.32 Å². The molecule has 0 aliphatic heterocycles. The van der Waals surface area contributed by atoms with Gasteiger partial charge in [-0.25, -0.2) is 0 Å². The zero-order valence-electron chi connectivity index (χ0n) is 13.3. The molecule has 1 rings (SSSR count). The maximum Gasteiger partial charge on any atom is 0.0807 e. The SMILES string of the molecule is CCOCCOC1(CNC(C)C)CCC(CC)CC1. The molecular formula is C16H33NO2. The average molecular weight is 271 g/mol. The van der Waals surface area contributed by atoms with Crippen molar-refractivity contribution in [2.75, 3.05) is 26.4 Å². The van der Waals surface area contributed by atoms with Crippen molar-refractivity contribution in [3.63, 3.8) is 0 Å². The van der Waals surface area contributed by atoms with Gasteiger partial charge in [0.05, 0.1) is 18.8 Å². The molecule has 1 aliphatic rings. The number of hydrogen-bond donors (Lipinski definition) is 1. The van der Waals surface area contributed by atoms with Gasteiger partial charge in [-0.2, -0.15) is 0 Å². The summed E-state index contributed by atoms with van der Waals surface area (Å²) in [6, 6.07) is 0.524. The fourth-order valence-corrected chi connectivity index (χ4v) is 2.84. The lowest BCUT2D eigenvalue weighted by Gasteiger charge is -2.40. The van der Waals surface area contributed by atoms with E-state index in [2.05, 4.69) is 26.1 Å². The van der Waals surface area contributed by atoms with Gasteiger partial charge in [-0.1, -0.05) is 27.2 Å². The van der Waals surface area contributed by atoms with E-state index in [0.717, 1.165) is 32.3 Å². The molecule has 114 valence electrons. The quantitative estimate of drug-likeness (QED) is 0.652. The van der Waals surface area contributed by atoms with Gasteiger partial charge in [-0.3, -0.25) is 0 Å². The van der Waals surface area contributed by atoms with Gasteiger partial charge in [0.15, 0.2) is 0 Å². The molecule has 0 bridgehead atoms. The largest absolute Gasteiger partial charge is 0.379 e. The lowest BCUT2D eigenvalue weighted by molar-refractivity contribution is -0.0928. The van der Waals surface area contributed by atoms with Gasteiger partial charge in [0.2, 0.25) is 0 Å². The lowest BCUT2D eigenvalue weighted by atomic mass is 9.77. The van der Waals surface area contributed by atoms with Crippen LogP contribution in [-0.2, 0) is 9.47 Å². The summed E-state index contributed by atoms with van der Waals surface area (Å²) in [5.74, 6) is 0.905. The lowest BCUT2D eigenvalue weighted by Crippen LogP contribution is -2.48. The second-order valence-electron chi connectivity index (χ2n) is 6.12. The van der Waals surface area contributed by atoms with E-state index in [9.17, 15) is 0 Å². The first-order valence-corrected chi connectivity index (χ1v) is 8.07. The Hall–Kier alpha value is -0.120. The van der Waals surface area contributed by atoms with E-state index in [1.165, 1.54) is 32.1 Å². The van der Waals surface area contributed by atoms with Crippen LogP contribution in [0.5, 0.6) is 0 Å². The molecule has 0 saturated heterocycles. The number of ether oxygens (including phenoxy) is 2. The second-order valence-corrected chi connectivity index (χ2v) is 6.12. The highest BCUT2D eigenvalue weighted by Crippen LogP contribution is 2.36. The molecule has 0 spiro atoms. The molecule has 0 aromatic carbocycles. The number of hydrogen-bond acceptors (Lipinski definition) is 3. The van der Waals surface area contributed by atoms with Crippen molar-refractivity contribution >= 4 is 0 Å². The maximum absolute atomic E-state index is 6.23. The molecule has 0 heterocycles. The van der Waals surface area contributed by atoms with Crippen LogP contribution in [0.2, 0.25) is 0 Å². The Balaban J connectivity index is 2.43. The zero-order valence-corrected chi connectivity index (χ0v) is 13.3. The van der Waals surface area contributed by atoms with Crippen molar-refractivity contribution in [1.82, 2.24) is 5.32 Å². The standard InChI is InChI=1S/C16H33NO2/c1-5-15-7-9-16(10-8-15,13-17-14(3)4)19-12-11-18-6-2/h14-15,17H,5-13H2,1-4H3. The van der Waals surface area contributed by atoms with Gasteiger partial charge >= 0.3 is 0 Å². The van der Waals surface area contributed by atoms with Crippen molar-refractivity contribution in [2.24, 2.45) is 5.92 Å². The highest BCUT2D eigenvalue weighted by atomic mass is 16.5. The van der Waals surface area contributed by atoms with Crippen LogP contribution in [-0.4, -0.2) is 38.0 Å². The van der Waals surface area contributed by atoms with E-state index in [1.54, 1.807) is 0 Å². The topological polar surface area (TPSA) is 30.5 Å². The Morgan fingerprint density at radius 1 is 1.16 bits per heavy atom. The molecule has 3 nitrogen and oxygen atoms in total. The van der Waals surface area contributed by atoms with Crippen LogP contribution in [0.4, 0.5) is 0 Å². The molecule has 1 fully saturated rings. The molecule has 0 atom stereocenters. The fraction of sp³-hybridized carbons (Fsp3) is 1.00. The minimum Gasteiger partial charge on any atom is -0.379 e. The summed E-state index contributed by atoms with van der Waals surface area (Å²) < 4.78 is 11.6. The van der Waals surface area contributed by atoms with Crippen molar-refractivity contribution in [2.45, 2.75) is 71.4 Å². The summed E-state index contributed by atoms with van der Waals surface area (Å²) >= 11 is 0. The zero-order chi connectivity index (χ0) is 14.1. The van der Waals surface area contributed by atoms with Gasteiger partial charge < -0.3 is 14.8 Å². The Morgan fingerprint density at radius 2 is 1.84 bits per heavy atom. The Morgan fingerprint density at radius 3 is 2.37 bits per heavy atom. The summed E-state index contributed by atoms with van der Waals surface area (Å²) in [5, 5.41) is 3.56. The third-order valence-electron chi connectivity index (χ3n) is 4.27. The molecule has 0 radical (unpaired) electrons. The van der Waals surface area contributed by atoms with Gasteiger partial charge in [0.25, 0.3) is 0 Å². The van der Waals surface area contributed by atoms with Gasteiger partial charge in [0.1, 0.15) is 0 Å². The molecule has 1 saturated carbocycles. The van der Waals surface area contributed by atoms with E-state index >= 15 is 0 Å². The van der Waals surface area contributed by atoms with Crippen molar-refractivity contribution < 1.29 is 9.47 Å². The molecule has 0 aromatic heterocycles. The van der Waals surface area contributed by atoms with Gasteiger partial charge in [-0.15, -0.1) is 0 Å². The van der Waals surface area contributed by atoms with E-state index in [-0.39, 0.29) is 5.60 Å². The van der Waals surface area contributed by atoms with Crippen LogP contribution in [0.25, 0.3) is 0 Å². The summed E-state index contributed by atoms with van der Waals surface area (Å²) in [5.41, 5.74) is 0.0487. The predicted molar refractivity (Wildman–Crippen MR) is 80.6 cm³/mol. The van der Waals surface area contributed by atoms with Crippen LogP contribution in [0.15, 0.2) is 0 Å². The number of nitrogens with one attached hydrogen (secondary N) is 1. The van der Waals surface area contributed by atoms with Gasteiger partial charge in [-0.05, 0) is 38.5 Å². The molecule has 0 unspecified atom stereocenters. The summed E-state index contributed by atoms with van der Waals surface area (Å²) in [6.45, 7) is 11.9. The molecular weight excluding hydrogens is 238 g/mol. The molecule has 0 amide bonds. The first-order chi connectivity index (χ1) is 9.12. The normalized spacial score (nSPS) is 27.9. The van der Waals surface area contributed by atoms with Crippen LogP contribution in [0.3, 0.4) is 0 Å². The first kappa shape index (κ1) is 16.9. The van der Waals surface area contributed by atoms with E-state index in [0.29, 0.717) is 6.04 Å². The summed E-state index contributed by atoms with van der Waals surface area (Å²) in [4.78, 5) is 0. The first-order valence-electron chi connectivity index (χ1n) is 8.07. The van der Waals surface area contributed by atoms with Crippen LogP contribution in [0, 0.1) is 5.92 Å². The van der Waals surface area contributed by atoms with E-state index in [4.69, 9.17) is 9.47 Å². The minimum absolute atomic E-state index is 0.0487. The third-order valence-corrected chi connectivity index (χ3v) is 4.27. The maximum atomic E-state index is 6.23. The predicted octanol–water partition coefficient (Wildman–Crippen LogP) is 3.38. The summed E-state index contributed by atoms with van der Waals surface area (Å²) in [7, 11) is 0. The summed E-state index contributed by atoms with van der Waals surface area (Å²) in [6.07, 6.45) is 6.32. The highest BCUT2D eigenvalue weighted by molar-refractivity contribution is 4.89. The highest BCUT2D eigenvalue weighted by Gasteiger charge is 2.35. The van der Waals surface area contributed by atoms with Crippen LogP contribution in [0.1, 0.15) is 59.8 Å². The average Bonchev–Trinajstić information content (AvgIpc) is 2.42. The number of rotatable bonds is 9. The van der Waals surface area contributed by atoms with Crippen molar-refractivity contribution in [3.05, 3.63) is 0 Å². The van der Waals surface area contributed by atoms with Crippen molar-refractivity contribution in [1.29, 1.82) is 0 Å². The monoisotopic (exact) mass is 271 g/mol. The molecule has 3 heteroatoms. The Bertz CT molecular complexity index is 223. The molecule has 1 aliphatic carbocycles. The minimum atomic E-state index is 0.0487. The molecule has 19 heavy (non-hydrogen) atoms. The Kier molecular flexibility index (Phi) is 7.96. The van der Waals surface area contributed by atoms with Gasteiger partial charge in [0, 0.05) is 19.2 Å².